The number of aromatic nitrogens is 3. The van der Waals surface area contributed by atoms with Crippen LogP contribution in [0.4, 0.5) is 5.82 Å². The Balaban J connectivity index is 2.53. The SMILES string of the molecule is CC(C)Cc1c(-c2ccc(=O)[nH]c2)nn(C)c1N. The minimum atomic E-state index is -0.118. The molecule has 18 heavy (non-hydrogen) atoms. The lowest BCUT2D eigenvalue weighted by Crippen LogP contribution is -2.03. The maximum Gasteiger partial charge on any atom is 0.247 e. The molecular weight excluding hydrogens is 228 g/mol. The molecule has 0 aliphatic rings. The Morgan fingerprint density at radius 2 is 2.17 bits per heavy atom. The number of H-pyrrole nitrogens is 1. The molecule has 0 amide bonds. The van der Waals surface area contributed by atoms with Crippen LogP contribution in [0.15, 0.2) is 23.1 Å². The van der Waals surface area contributed by atoms with Gasteiger partial charge in [-0.05, 0) is 18.4 Å². The van der Waals surface area contributed by atoms with Crippen LogP contribution in [0.1, 0.15) is 19.4 Å². The number of aromatic amines is 1. The largest absolute Gasteiger partial charge is 0.384 e. The Hall–Kier alpha value is -2.04. The standard InChI is InChI=1S/C13H18N4O/c1-8(2)6-10-12(16-17(3)13(10)14)9-4-5-11(18)15-7-9/h4-5,7-8H,6,14H2,1-3H3,(H,15,18). The van der Waals surface area contributed by atoms with Gasteiger partial charge in [-0.25, -0.2) is 0 Å². The Morgan fingerprint density at radius 3 is 2.72 bits per heavy atom. The van der Waals surface area contributed by atoms with Crippen LogP contribution in [0.25, 0.3) is 11.3 Å². The van der Waals surface area contributed by atoms with Crippen LogP contribution in [0.5, 0.6) is 0 Å². The number of nitrogens with one attached hydrogen (secondary N) is 1. The summed E-state index contributed by atoms with van der Waals surface area (Å²) >= 11 is 0. The number of nitrogens with two attached hydrogens (primary N) is 1. The van der Waals surface area contributed by atoms with Gasteiger partial charge in [-0.1, -0.05) is 13.8 Å². The zero-order valence-electron chi connectivity index (χ0n) is 10.9. The summed E-state index contributed by atoms with van der Waals surface area (Å²) in [5.41, 5.74) is 8.70. The highest BCUT2D eigenvalue weighted by Crippen LogP contribution is 2.27. The fourth-order valence-corrected chi connectivity index (χ4v) is 1.98. The van der Waals surface area contributed by atoms with Crippen LogP contribution < -0.4 is 11.3 Å². The van der Waals surface area contributed by atoms with Crippen molar-refractivity contribution in [2.75, 3.05) is 5.73 Å². The number of pyridine rings is 1. The van der Waals surface area contributed by atoms with E-state index in [9.17, 15) is 4.79 Å². The summed E-state index contributed by atoms with van der Waals surface area (Å²) in [6, 6.07) is 3.27. The highest BCUT2D eigenvalue weighted by molar-refractivity contribution is 5.67. The lowest BCUT2D eigenvalue weighted by atomic mass is 10.00. The minimum absolute atomic E-state index is 0.118. The molecule has 2 aromatic rings. The van der Waals surface area contributed by atoms with Gasteiger partial charge in [-0.15, -0.1) is 0 Å². The molecule has 5 heteroatoms. The van der Waals surface area contributed by atoms with E-state index in [2.05, 4.69) is 23.9 Å². The lowest BCUT2D eigenvalue weighted by molar-refractivity contribution is 0.648. The van der Waals surface area contributed by atoms with Crippen molar-refractivity contribution in [1.82, 2.24) is 14.8 Å². The van der Waals surface area contributed by atoms with E-state index >= 15 is 0 Å². The predicted molar refractivity (Wildman–Crippen MR) is 72.2 cm³/mol. The van der Waals surface area contributed by atoms with Gasteiger partial charge < -0.3 is 10.7 Å². The summed E-state index contributed by atoms with van der Waals surface area (Å²) in [5.74, 6) is 1.18. The Bertz CT molecular complexity index is 589. The van der Waals surface area contributed by atoms with Crippen molar-refractivity contribution in [1.29, 1.82) is 0 Å². The molecule has 0 aliphatic heterocycles. The third-order valence-corrected chi connectivity index (χ3v) is 2.86. The Labute approximate surface area is 106 Å². The van der Waals surface area contributed by atoms with E-state index in [0.717, 1.165) is 23.2 Å². The fraction of sp³-hybridized carbons (Fsp3) is 0.385. The number of aryl methyl sites for hydroxylation is 1. The van der Waals surface area contributed by atoms with Crippen molar-refractivity contribution in [2.24, 2.45) is 13.0 Å². The molecule has 0 radical (unpaired) electrons. The van der Waals surface area contributed by atoms with Crippen molar-refractivity contribution in [3.05, 3.63) is 34.2 Å². The van der Waals surface area contributed by atoms with E-state index in [4.69, 9.17) is 5.73 Å². The van der Waals surface area contributed by atoms with Gasteiger partial charge in [0.15, 0.2) is 0 Å². The fourth-order valence-electron chi connectivity index (χ4n) is 1.98. The van der Waals surface area contributed by atoms with E-state index in [0.29, 0.717) is 11.7 Å². The van der Waals surface area contributed by atoms with Gasteiger partial charge in [-0.2, -0.15) is 5.10 Å². The third-order valence-electron chi connectivity index (χ3n) is 2.86. The molecule has 0 spiro atoms. The van der Waals surface area contributed by atoms with Crippen LogP contribution in [-0.4, -0.2) is 14.8 Å². The highest BCUT2D eigenvalue weighted by atomic mass is 16.1. The van der Waals surface area contributed by atoms with E-state index < -0.39 is 0 Å². The van der Waals surface area contributed by atoms with Gasteiger partial charge in [0.1, 0.15) is 5.82 Å². The van der Waals surface area contributed by atoms with Crippen LogP contribution in [0, 0.1) is 5.92 Å². The second-order valence-electron chi connectivity index (χ2n) is 4.88. The third kappa shape index (κ3) is 2.30. The van der Waals surface area contributed by atoms with Crippen LogP contribution in [-0.2, 0) is 13.5 Å². The zero-order valence-corrected chi connectivity index (χ0v) is 10.9. The molecule has 2 rings (SSSR count). The first-order valence-electron chi connectivity index (χ1n) is 5.99. The molecule has 3 N–H and O–H groups in total. The van der Waals surface area contributed by atoms with E-state index in [1.54, 1.807) is 16.9 Å². The average Bonchev–Trinajstić information content (AvgIpc) is 2.58. The van der Waals surface area contributed by atoms with Gasteiger partial charge >= 0.3 is 0 Å². The molecule has 0 saturated heterocycles. The Morgan fingerprint density at radius 1 is 1.44 bits per heavy atom. The summed E-state index contributed by atoms with van der Waals surface area (Å²) in [4.78, 5) is 13.7. The summed E-state index contributed by atoms with van der Waals surface area (Å²) in [7, 11) is 1.83. The number of hydrogen-bond acceptors (Lipinski definition) is 3. The number of nitrogens with zero attached hydrogens (tertiary/aromatic N) is 2. The van der Waals surface area contributed by atoms with Gasteiger partial charge in [-0.3, -0.25) is 9.48 Å². The zero-order chi connectivity index (χ0) is 13.3. The number of anilines is 1. The van der Waals surface area contributed by atoms with Gasteiger partial charge in [0.05, 0.1) is 5.69 Å². The number of nitrogen functional groups attached to an aromatic ring is 1. The van der Waals surface area contributed by atoms with E-state index in [1.165, 1.54) is 6.07 Å². The number of hydrogen-bond donors (Lipinski definition) is 2. The molecule has 5 nitrogen and oxygen atoms in total. The van der Waals surface area contributed by atoms with Gasteiger partial charge in [0, 0.05) is 30.4 Å². The van der Waals surface area contributed by atoms with Gasteiger partial charge in [0.25, 0.3) is 0 Å². The monoisotopic (exact) mass is 246 g/mol. The van der Waals surface area contributed by atoms with Crippen LogP contribution in [0.3, 0.4) is 0 Å². The molecule has 2 aromatic heterocycles. The maximum absolute atomic E-state index is 11.1. The molecule has 0 fully saturated rings. The van der Waals surface area contributed by atoms with E-state index in [-0.39, 0.29) is 5.56 Å². The van der Waals surface area contributed by atoms with Crippen molar-refractivity contribution >= 4 is 5.82 Å². The second kappa shape index (κ2) is 4.68. The molecule has 0 aliphatic carbocycles. The van der Waals surface area contributed by atoms with Crippen LogP contribution in [0.2, 0.25) is 0 Å². The second-order valence-corrected chi connectivity index (χ2v) is 4.88. The lowest BCUT2D eigenvalue weighted by Gasteiger charge is -2.06. The first-order chi connectivity index (χ1) is 8.49. The average molecular weight is 246 g/mol. The summed E-state index contributed by atoms with van der Waals surface area (Å²) in [6.07, 6.45) is 2.54. The molecule has 2 heterocycles. The topological polar surface area (TPSA) is 76.7 Å². The van der Waals surface area contributed by atoms with Crippen molar-refractivity contribution < 1.29 is 0 Å². The van der Waals surface area contributed by atoms with Crippen molar-refractivity contribution in [3.63, 3.8) is 0 Å². The summed E-state index contributed by atoms with van der Waals surface area (Å²) in [5, 5.41) is 4.43. The van der Waals surface area contributed by atoms with Crippen molar-refractivity contribution in [3.8, 4) is 11.3 Å². The molecule has 0 saturated carbocycles. The molecule has 96 valence electrons. The molecular formula is C13H18N4O. The highest BCUT2D eigenvalue weighted by Gasteiger charge is 2.16. The van der Waals surface area contributed by atoms with Crippen LogP contribution >= 0.6 is 0 Å². The smallest absolute Gasteiger partial charge is 0.247 e. The Kier molecular flexibility index (Phi) is 3.23. The maximum atomic E-state index is 11.1. The first-order valence-corrected chi connectivity index (χ1v) is 5.99. The van der Waals surface area contributed by atoms with E-state index in [1.807, 2.05) is 7.05 Å². The molecule has 0 aromatic carbocycles. The van der Waals surface area contributed by atoms with Gasteiger partial charge in [0.2, 0.25) is 5.56 Å². The molecule has 0 unspecified atom stereocenters. The number of rotatable bonds is 3. The predicted octanol–water partition coefficient (Wildman–Crippen LogP) is 1.56. The molecule has 0 bridgehead atoms. The molecule has 0 atom stereocenters. The minimum Gasteiger partial charge on any atom is -0.384 e. The summed E-state index contributed by atoms with van der Waals surface area (Å²) < 4.78 is 1.68. The normalized spacial score (nSPS) is 11.1. The van der Waals surface area contributed by atoms with Crippen molar-refractivity contribution in [2.45, 2.75) is 20.3 Å². The summed E-state index contributed by atoms with van der Waals surface area (Å²) in [6.45, 7) is 4.28. The quantitative estimate of drug-likeness (QED) is 0.862. The first kappa shape index (κ1) is 12.4.